The van der Waals surface area contributed by atoms with E-state index in [9.17, 15) is 14.7 Å². The number of aliphatic carboxylic acids is 1. The Kier molecular flexibility index (Phi) is 5.08. The molecule has 7 nitrogen and oxygen atoms in total. The smallest absolute Gasteiger partial charge is 0.405 e. The molecule has 1 aliphatic rings. The van der Waals surface area contributed by atoms with Gasteiger partial charge in [-0.15, -0.1) is 0 Å². The number of hydrogen-bond acceptors (Lipinski definition) is 4. The van der Waals surface area contributed by atoms with Crippen LogP contribution in [0, 0.1) is 0 Å². The van der Waals surface area contributed by atoms with Crippen molar-refractivity contribution in [2.75, 3.05) is 18.0 Å². The van der Waals surface area contributed by atoms with E-state index in [0.29, 0.717) is 11.3 Å². The van der Waals surface area contributed by atoms with Crippen LogP contribution in [0.1, 0.15) is 24.8 Å². The van der Waals surface area contributed by atoms with Gasteiger partial charge < -0.3 is 25.5 Å². The number of rotatable bonds is 5. The summed E-state index contributed by atoms with van der Waals surface area (Å²) in [4.78, 5) is 23.8. The quantitative estimate of drug-likeness (QED) is 0.658. The van der Waals surface area contributed by atoms with Crippen molar-refractivity contribution < 1.29 is 24.9 Å². The van der Waals surface area contributed by atoms with Gasteiger partial charge in [-0.2, -0.15) is 0 Å². The van der Waals surface area contributed by atoms with Crippen LogP contribution in [0.5, 0.6) is 5.75 Å². The van der Waals surface area contributed by atoms with Crippen LogP contribution in [0.25, 0.3) is 0 Å². The lowest BCUT2D eigenvalue weighted by Gasteiger charge is -2.29. The zero-order valence-corrected chi connectivity index (χ0v) is 12.2. The number of carboxylic acid groups (broad SMARTS) is 2. The number of phenols is 1. The van der Waals surface area contributed by atoms with Gasteiger partial charge in [0.2, 0.25) is 0 Å². The third kappa shape index (κ3) is 4.03. The van der Waals surface area contributed by atoms with Gasteiger partial charge in [0.25, 0.3) is 0 Å². The van der Waals surface area contributed by atoms with Crippen molar-refractivity contribution in [1.82, 2.24) is 5.32 Å². The molecule has 1 aromatic rings. The lowest BCUT2D eigenvalue weighted by Crippen LogP contribution is -2.41. The minimum Gasteiger partial charge on any atom is -0.506 e. The van der Waals surface area contributed by atoms with Crippen LogP contribution in [0.2, 0.25) is 0 Å². The van der Waals surface area contributed by atoms with Crippen LogP contribution in [-0.4, -0.2) is 46.5 Å². The number of benzene rings is 1. The molecule has 1 saturated heterocycles. The molecule has 7 heteroatoms. The van der Waals surface area contributed by atoms with E-state index < -0.39 is 18.1 Å². The van der Waals surface area contributed by atoms with Crippen molar-refractivity contribution in [3.05, 3.63) is 23.8 Å². The Bertz CT molecular complexity index is 555. The van der Waals surface area contributed by atoms with Gasteiger partial charge in [-0.25, -0.2) is 9.59 Å². The maximum Gasteiger partial charge on any atom is 0.405 e. The Labute approximate surface area is 128 Å². The Morgan fingerprint density at radius 2 is 1.86 bits per heavy atom. The first-order chi connectivity index (χ1) is 10.5. The number of carboxylic acids is 1. The fourth-order valence-electron chi connectivity index (χ4n) is 2.67. The summed E-state index contributed by atoms with van der Waals surface area (Å²) in [6.45, 7) is 1.71. The Balaban J connectivity index is 2.17. The van der Waals surface area contributed by atoms with Gasteiger partial charge in [-0.05, 0) is 37.0 Å². The molecule has 0 bridgehead atoms. The molecule has 1 heterocycles. The number of hydrogen-bond donors (Lipinski definition) is 4. The summed E-state index contributed by atoms with van der Waals surface area (Å²) >= 11 is 0. The van der Waals surface area contributed by atoms with Crippen molar-refractivity contribution in [1.29, 1.82) is 0 Å². The lowest BCUT2D eigenvalue weighted by atomic mass is 10.0. The first kappa shape index (κ1) is 15.9. The Morgan fingerprint density at radius 1 is 1.18 bits per heavy atom. The summed E-state index contributed by atoms with van der Waals surface area (Å²) in [5.74, 6) is -1.07. The van der Waals surface area contributed by atoms with E-state index in [2.05, 4.69) is 4.90 Å². The molecular formula is C15H20N2O5. The molecule has 1 atom stereocenters. The van der Waals surface area contributed by atoms with E-state index in [1.54, 1.807) is 12.1 Å². The summed E-state index contributed by atoms with van der Waals surface area (Å²) in [6.07, 6.45) is 1.94. The number of carbonyl (C=O) groups is 2. The Morgan fingerprint density at radius 3 is 2.45 bits per heavy atom. The molecule has 1 aliphatic heterocycles. The maximum atomic E-state index is 11.1. The number of nitrogens with zero attached hydrogens (tertiary/aromatic N) is 1. The molecule has 0 saturated carbocycles. The fourth-order valence-corrected chi connectivity index (χ4v) is 2.67. The number of aromatic hydroxyl groups is 1. The van der Waals surface area contributed by atoms with Gasteiger partial charge in [0, 0.05) is 19.5 Å². The normalized spacial score (nSPS) is 16.1. The summed E-state index contributed by atoms with van der Waals surface area (Å²) < 4.78 is 0. The molecule has 1 fully saturated rings. The van der Waals surface area contributed by atoms with Gasteiger partial charge in [-0.3, -0.25) is 0 Å². The molecule has 0 radical (unpaired) electrons. The number of amides is 1. The second-order valence-electron chi connectivity index (χ2n) is 5.42. The van der Waals surface area contributed by atoms with Crippen LogP contribution in [0.15, 0.2) is 18.2 Å². The minimum atomic E-state index is -1.37. The molecular weight excluding hydrogens is 288 g/mol. The van der Waals surface area contributed by atoms with E-state index in [0.717, 1.165) is 25.9 Å². The monoisotopic (exact) mass is 308 g/mol. The van der Waals surface area contributed by atoms with Gasteiger partial charge in [0.05, 0.1) is 5.69 Å². The molecule has 1 aromatic carbocycles. The average molecular weight is 308 g/mol. The molecule has 4 N–H and O–H groups in total. The third-order valence-electron chi connectivity index (χ3n) is 3.77. The van der Waals surface area contributed by atoms with Gasteiger partial charge in [0.1, 0.15) is 11.8 Å². The second kappa shape index (κ2) is 7.02. The predicted octanol–water partition coefficient (Wildman–Crippen LogP) is 1.65. The molecule has 0 unspecified atom stereocenters. The highest BCUT2D eigenvalue weighted by molar-refractivity contribution is 5.79. The molecule has 0 aromatic heterocycles. The Hall–Kier alpha value is -2.44. The number of nitrogens with one attached hydrogen (secondary N) is 1. The topological polar surface area (TPSA) is 110 Å². The zero-order chi connectivity index (χ0) is 16.1. The first-order valence-corrected chi connectivity index (χ1v) is 7.26. The fraction of sp³-hybridized carbons (Fsp3) is 0.467. The van der Waals surface area contributed by atoms with Crippen molar-refractivity contribution >= 4 is 17.7 Å². The first-order valence-electron chi connectivity index (χ1n) is 7.26. The van der Waals surface area contributed by atoms with Crippen molar-refractivity contribution in [3.8, 4) is 5.75 Å². The van der Waals surface area contributed by atoms with Gasteiger partial charge >= 0.3 is 12.1 Å². The molecule has 1 amide bonds. The van der Waals surface area contributed by atoms with Gasteiger partial charge in [-0.1, -0.05) is 6.07 Å². The minimum absolute atomic E-state index is 0.0305. The van der Waals surface area contributed by atoms with Crippen molar-refractivity contribution in [3.63, 3.8) is 0 Å². The largest absolute Gasteiger partial charge is 0.506 e. The highest BCUT2D eigenvalue weighted by Gasteiger charge is 2.21. The van der Waals surface area contributed by atoms with Crippen LogP contribution >= 0.6 is 0 Å². The second-order valence-corrected chi connectivity index (χ2v) is 5.42. The van der Waals surface area contributed by atoms with E-state index in [4.69, 9.17) is 10.2 Å². The average Bonchev–Trinajstić information content (AvgIpc) is 2.48. The molecule has 0 spiro atoms. The van der Waals surface area contributed by atoms with E-state index in [1.807, 2.05) is 5.32 Å². The molecule has 120 valence electrons. The van der Waals surface area contributed by atoms with Crippen molar-refractivity contribution in [2.45, 2.75) is 31.7 Å². The SMILES string of the molecule is O=C(O)N[C@@H](Cc1ccc(O)c(N2CCCCC2)c1)C(=O)O. The summed E-state index contributed by atoms with van der Waals surface area (Å²) in [7, 11) is 0. The standard InChI is InChI=1S/C15H20N2O5/c18-13-5-4-10(8-11(14(19)20)16-15(21)22)9-12(13)17-6-2-1-3-7-17/h4-5,9,11,16,18H,1-3,6-8H2,(H,19,20)(H,21,22)/t11-/m0/s1. The van der Waals surface area contributed by atoms with Crippen LogP contribution < -0.4 is 10.2 Å². The lowest BCUT2D eigenvalue weighted by molar-refractivity contribution is -0.139. The van der Waals surface area contributed by atoms with E-state index in [1.165, 1.54) is 12.5 Å². The third-order valence-corrected chi connectivity index (χ3v) is 3.77. The van der Waals surface area contributed by atoms with Crippen LogP contribution in [0.4, 0.5) is 10.5 Å². The summed E-state index contributed by atoms with van der Waals surface area (Å²) in [6, 6.07) is 3.66. The van der Waals surface area contributed by atoms with Gasteiger partial charge in [0.15, 0.2) is 0 Å². The summed E-state index contributed by atoms with van der Waals surface area (Å²) in [5.41, 5.74) is 1.34. The number of phenolic OH excluding ortho intramolecular Hbond substituents is 1. The molecule has 2 rings (SSSR count). The zero-order valence-electron chi connectivity index (χ0n) is 12.2. The highest BCUT2D eigenvalue weighted by atomic mass is 16.4. The number of piperidine rings is 1. The van der Waals surface area contributed by atoms with E-state index in [-0.39, 0.29) is 12.2 Å². The highest BCUT2D eigenvalue weighted by Crippen LogP contribution is 2.30. The van der Waals surface area contributed by atoms with Crippen molar-refractivity contribution in [2.24, 2.45) is 0 Å². The maximum absolute atomic E-state index is 11.1. The number of anilines is 1. The van der Waals surface area contributed by atoms with Crippen LogP contribution in [-0.2, 0) is 11.2 Å². The van der Waals surface area contributed by atoms with E-state index >= 15 is 0 Å². The predicted molar refractivity (Wildman–Crippen MR) is 80.5 cm³/mol. The molecule has 0 aliphatic carbocycles. The summed E-state index contributed by atoms with van der Waals surface area (Å²) in [5, 5.41) is 29.8. The molecule has 22 heavy (non-hydrogen) atoms. The van der Waals surface area contributed by atoms with Crippen LogP contribution in [0.3, 0.4) is 0 Å².